The molecule has 3 rings (SSSR count). The number of amides is 1. The summed E-state index contributed by atoms with van der Waals surface area (Å²) in [7, 11) is -3.12. The predicted octanol–water partition coefficient (Wildman–Crippen LogP) is 3.29. The average molecular weight is 432 g/mol. The van der Waals surface area contributed by atoms with Crippen molar-refractivity contribution < 1.29 is 13.2 Å². The monoisotopic (exact) mass is 431 g/mol. The summed E-state index contributed by atoms with van der Waals surface area (Å²) in [5.41, 5.74) is 3.15. The molecule has 8 heteroatoms. The third-order valence-electron chi connectivity index (χ3n) is 4.45. The zero-order chi connectivity index (χ0) is 20.9. The lowest BCUT2D eigenvalue weighted by molar-refractivity contribution is -0.120. The summed E-state index contributed by atoms with van der Waals surface area (Å²) in [4.78, 5) is 12.4. The number of halogens is 1. The van der Waals surface area contributed by atoms with Crippen LogP contribution in [0.2, 0.25) is 5.02 Å². The Morgan fingerprint density at radius 1 is 1.10 bits per heavy atom. The largest absolute Gasteiger partial charge is 0.355 e. The lowest BCUT2D eigenvalue weighted by atomic mass is 10.1. The molecule has 3 aromatic rings. The summed E-state index contributed by atoms with van der Waals surface area (Å²) in [6.45, 7) is 1.69. The minimum absolute atomic E-state index is 0.0629. The summed E-state index contributed by atoms with van der Waals surface area (Å²) in [6.07, 6.45) is 1.92. The van der Waals surface area contributed by atoms with Gasteiger partial charge in [-0.05, 0) is 24.3 Å². The van der Waals surface area contributed by atoms with Crippen LogP contribution in [0.5, 0.6) is 0 Å². The van der Waals surface area contributed by atoms with E-state index in [2.05, 4.69) is 10.4 Å². The lowest BCUT2D eigenvalue weighted by Gasteiger charge is -2.06. The second-order valence-electron chi connectivity index (χ2n) is 6.55. The molecule has 152 valence electrons. The van der Waals surface area contributed by atoms with Gasteiger partial charge in [0.2, 0.25) is 5.91 Å². The standard InChI is InChI=1S/C21H22ClN3O3S/c1-2-29(27,28)13-12-23-20(26)14-17-15-25(19-6-4-3-5-7-19)24-21(17)16-8-10-18(22)11-9-16/h3-11,15H,2,12-14H2,1H3,(H,23,26). The Morgan fingerprint density at radius 3 is 2.45 bits per heavy atom. The average Bonchev–Trinajstić information content (AvgIpc) is 3.13. The molecule has 2 aromatic carbocycles. The van der Waals surface area contributed by atoms with Gasteiger partial charge in [-0.1, -0.05) is 48.9 Å². The van der Waals surface area contributed by atoms with E-state index in [1.807, 2.05) is 48.7 Å². The minimum Gasteiger partial charge on any atom is -0.355 e. The van der Waals surface area contributed by atoms with Gasteiger partial charge in [0, 0.05) is 34.6 Å². The van der Waals surface area contributed by atoms with Crippen molar-refractivity contribution in [3.63, 3.8) is 0 Å². The molecule has 0 saturated heterocycles. The molecule has 0 aliphatic carbocycles. The summed E-state index contributed by atoms with van der Waals surface area (Å²) >= 11 is 5.99. The topological polar surface area (TPSA) is 81.1 Å². The summed E-state index contributed by atoms with van der Waals surface area (Å²) in [6, 6.07) is 16.9. The molecule has 0 aliphatic heterocycles. The van der Waals surface area contributed by atoms with Crippen LogP contribution in [0.4, 0.5) is 0 Å². The summed E-state index contributed by atoms with van der Waals surface area (Å²) < 4.78 is 24.9. The van der Waals surface area contributed by atoms with Crippen LogP contribution >= 0.6 is 11.6 Å². The van der Waals surface area contributed by atoms with Gasteiger partial charge < -0.3 is 5.32 Å². The first-order chi connectivity index (χ1) is 13.9. The first kappa shape index (κ1) is 21.1. The smallest absolute Gasteiger partial charge is 0.224 e. The van der Waals surface area contributed by atoms with Crippen LogP contribution in [0, 0.1) is 0 Å². The van der Waals surface area contributed by atoms with E-state index in [0.717, 1.165) is 16.8 Å². The summed E-state index contributed by atoms with van der Waals surface area (Å²) in [5.74, 6) is -0.255. The van der Waals surface area contributed by atoms with E-state index in [1.54, 1.807) is 23.7 Å². The maximum Gasteiger partial charge on any atom is 0.224 e. The fraction of sp³-hybridized carbons (Fsp3) is 0.238. The first-order valence-corrected chi connectivity index (χ1v) is 11.4. The van der Waals surface area contributed by atoms with Crippen LogP contribution in [0.1, 0.15) is 12.5 Å². The molecule has 0 radical (unpaired) electrons. The predicted molar refractivity (Wildman–Crippen MR) is 115 cm³/mol. The molecule has 0 saturated carbocycles. The van der Waals surface area contributed by atoms with Crippen molar-refractivity contribution in [2.24, 2.45) is 0 Å². The zero-order valence-corrected chi connectivity index (χ0v) is 17.6. The van der Waals surface area contributed by atoms with Crippen molar-refractivity contribution in [1.29, 1.82) is 0 Å². The van der Waals surface area contributed by atoms with Gasteiger partial charge in [0.25, 0.3) is 0 Å². The van der Waals surface area contributed by atoms with Crippen LogP contribution < -0.4 is 5.32 Å². The molecule has 0 bridgehead atoms. The molecule has 0 atom stereocenters. The molecule has 6 nitrogen and oxygen atoms in total. The molecule has 0 spiro atoms. The number of nitrogens with one attached hydrogen (secondary N) is 1. The van der Waals surface area contributed by atoms with E-state index in [-0.39, 0.29) is 30.4 Å². The molecule has 0 fully saturated rings. The number of carbonyl (C=O) groups is 1. The van der Waals surface area contributed by atoms with E-state index in [0.29, 0.717) is 10.7 Å². The molecular weight excluding hydrogens is 410 g/mol. The van der Waals surface area contributed by atoms with Gasteiger partial charge in [-0.3, -0.25) is 4.79 Å². The maximum atomic E-state index is 12.4. The fourth-order valence-corrected chi connectivity index (χ4v) is 3.66. The first-order valence-electron chi connectivity index (χ1n) is 9.25. The van der Waals surface area contributed by atoms with Crippen molar-refractivity contribution in [3.8, 4) is 16.9 Å². The third-order valence-corrected chi connectivity index (χ3v) is 6.41. The van der Waals surface area contributed by atoms with E-state index >= 15 is 0 Å². The van der Waals surface area contributed by atoms with E-state index in [4.69, 9.17) is 11.6 Å². The van der Waals surface area contributed by atoms with E-state index in [1.165, 1.54) is 0 Å². The number of hydrogen-bond acceptors (Lipinski definition) is 4. The molecule has 0 aliphatic rings. The van der Waals surface area contributed by atoms with Crippen molar-refractivity contribution >= 4 is 27.3 Å². The zero-order valence-electron chi connectivity index (χ0n) is 16.0. The van der Waals surface area contributed by atoms with Gasteiger partial charge in [0.15, 0.2) is 9.84 Å². The normalized spacial score (nSPS) is 11.4. The van der Waals surface area contributed by atoms with Crippen LogP contribution in [-0.2, 0) is 21.1 Å². The van der Waals surface area contributed by atoms with Gasteiger partial charge >= 0.3 is 0 Å². The maximum absolute atomic E-state index is 12.4. The second kappa shape index (κ2) is 9.24. The van der Waals surface area contributed by atoms with Crippen LogP contribution in [0.25, 0.3) is 16.9 Å². The third kappa shape index (κ3) is 5.68. The molecule has 1 heterocycles. The second-order valence-corrected chi connectivity index (χ2v) is 9.46. The fourth-order valence-electron chi connectivity index (χ4n) is 2.83. The SMILES string of the molecule is CCS(=O)(=O)CCNC(=O)Cc1cn(-c2ccccc2)nc1-c1ccc(Cl)cc1. The highest BCUT2D eigenvalue weighted by molar-refractivity contribution is 7.91. The number of aromatic nitrogens is 2. The van der Waals surface area contributed by atoms with Crippen molar-refractivity contribution in [2.45, 2.75) is 13.3 Å². The number of carbonyl (C=O) groups excluding carboxylic acids is 1. The molecule has 1 aromatic heterocycles. The quantitative estimate of drug-likeness (QED) is 0.593. The van der Waals surface area contributed by atoms with Crippen molar-refractivity contribution in [2.75, 3.05) is 18.1 Å². The Balaban J connectivity index is 1.83. The molecular formula is C21H22ClN3O3S. The van der Waals surface area contributed by atoms with Crippen molar-refractivity contribution in [3.05, 3.63) is 71.4 Å². The van der Waals surface area contributed by atoms with Gasteiger partial charge in [-0.2, -0.15) is 5.10 Å². The van der Waals surface area contributed by atoms with Crippen LogP contribution in [0.3, 0.4) is 0 Å². The molecule has 0 unspecified atom stereocenters. The number of rotatable bonds is 8. The van der Waals surface area contributed by atoms with Gasteiger partial charge in [0.1, 0.15) is 0 Å². The Labute approximate surface area is 175 Å². The number of benzene rings is 2. The minimum atomic E-state index is -3.12. The number of nitrogens with zero attached hydrogens (tertiary/aromatic N) is 2. The summed E-state index contributed by atoms with van der Waals surface area (Å²) in [5, 5.41) is 7.96. The highest BCUT2D eigenvalue weighted by Gasteiger charge is 2.16. The molecule has 29 heavy (non-hydrogen) atoms. The Hall–Kier alpha value is -2.64. The Bertz CT molecular complexity index is 1080. The Kier molecular flexibility index (Phi) is 6.71. The lowest BCUT2D eigenvalue weighted by Crippen LogP contribution is -2.30. The van der Waals surface area contributed by atoms with Gasteiger partial charge in [-0.15, -0.1) is 0 Å². The van der Waals surface area contributed by atoms with E-state index in [9.17, 15) is 13.2 Å². The van der Waals surface area contributed by atoms with Crippen LogP contribution in [-0.4, -0.2) is 42.2 Å². The highest BCUT2D eigenvalue weighted by Crippen LogP contribution is 2.25. The number of para-hydroxylation sites is 1. The van der Waals surface area contributed by atoms with E-state index < -0.39 is 9.84 Å². The van der Waals surface area contributed by atoms with Gasteiger partial charge in [0.05, 0.1) is 23.6 Å². The Morgan fingerprint density at radius 2 is 1.79 bits per heavy atom. The molecule has 1 N–H and O–H groups in total. The van der Waals surface area contributed by atoms with Gasteiger partial charge in [-0.25, -0.2) is 13.1 Å². The van der Waals surface area contributed by atoms with Crippen molar-refractivity contribution in [1.82, 2.24) is 15.1 Å². The molecule has 1 amide bonds. The number of hydrogen-bond donors (Lipinski definition) is 1. The highest BCUT2D eigenvalue weighted by atomic mass is 35.5. The van der Waals surface area contributed by atoms with Crippen LogP contribution in [0.15, 0.2) is 60.8 Å². The number of sulfone groups is 1.